The van der Waals surface area contributed by atoms with Gasteiger partial charge in [0, 0.05) is 41.4 Å². The molecule has 0 radical (unpaired) electrons. The van der Waals surface area contributed by atoms with Crippen molar-refractivity contribution < 1.29 is 4.79 Å². The Kier molecular flexibility index (Phi) is 5.32. The summed E-state index contributed by atoms with van der Waals surface area (Å²) in [5.74, 6) is 0.0770. The van der Waals surface area contributed by atoms with Crippen LogP contribution in [0.1, 0.15) is 36.0 Å². The number of hydrogen-bond donors (Lipinski definition) is 0. The highest BCUT2D eigenvalue weighted by atomic mass is 79.9. The summed E-state index contributed by atoms with van der Waals surface area (Å²) >= 11 is 3.41. The standard InChI is InChI=1S/C18H23BrN2O/c19-16-6-3-5-15(13-16)18(22)8-12-21-11-4-7-17(21)14-20-9-1-2-10-20/h3,5-6,8,12-13,17H,1-2,4,7,9-11,14H2/t17-/m0/s1. The van der Waals surface area contributed by atoms with Crippen molar-refractivity contribution in [2.24, 2.45) is 0 Å². The second-order valence-corrected chi connectivity index (χ2v) is 7.15. The van der Waals surface area contributed by atoms with Gasteiger partial charge in [0.25, 0.3) is 0 Å². The fourth-order valence-electron chi connectivity index (χ4n) is 3.41. The Morgan fingerprint density at radius 3 is 2.82 bits per heavy atom. The van der Waals surface area contributed by atoms with Gasteiger partial charge < -0.3 is 9.80 Å². The molecule has 1 atom stereocenters. The number of rotatable bonds is 5. The minimum Gasteiger partial charge on any atom is -0.373 e. The second-order valence-electron chi connectivity index (χ2n) is 6.23. The first-order chi connectivity index (χ1) is 10.7. The molecule has 0 aromatic heterocycles. The average molecular weight is 363 g/mol. The summed E-state index contributed by atoms with van der Waals surface area (Å²) in [6.45, 7) is 4.70. The minimum absolute atomic E-state index is 0.0770. The normalized spacial score (nSPS) is 22.8. The molecule has 4 heteroatoms. The van der Waals surface area contributed by atoms with Crippen molar-refractivity contribution in [1.82, 2.24) is 9.80 Å². The molecule has 3 nitrogen and oxygen atoms in total. The van der Waals surface area contributed by atoms with Crippen LogP contribution in [-0.2, 0) is 0 Å². The van der Waals surface area contributed by atoms with Gasteiger partial charge >= 0.3 is 0 Å². The van der Waals surface area contributed by atoms with E-state index in [1.165, 1.54) is 38.8 Å². The Morgan fingerprint density at radius 1 is 1.23 bits per heavy atom. The molecule has 1 aromatic rings. The molecule has 0 N–H and O–H groups in total. The lowest BCUT2D eigenvalue weighted by Gasteiger charge is -2.27. The Hall–Kier alpha value is -1.13. The van der Waals surface area contributed by atoms with E-state index in [2.05, 4.69) is 25.7 Å². The van der Waals surface area contributed by atoms with Crippen molar-refractivity contribution in [1.29, 1.82) is 0 Å². The number of halogens is 1. The van der Waals surface area contributed by atoms with Gasteiger partial charge in [-0.1, -0.05) is 28.1 Å². The fraction of sp³-hybridized carbons (Fsp3) is 0.500. The van der Waals surface area contributed by atoms with Crippen molar-refractivity contribution in [2.75, 3.05) is 26.2 Å². The van der Waals surface area contributed by atoms with Crippen LogP contribution in [-0.4, -0.2) is 47.8 Å². The lowest BCUT2D eigenvalue weighted by atomic mass is 10.1. The Morgan fingerprint density at radius 2 is 2.05 bits per heavy atom. The van der Waals surface area contributed by atoms with E-state index >= 15 is 0 Å². The number of hydrogen-bond acceptors (Lipinski definition) is 3. The smallest absolute Gasteiger partial charge is 0.187 e. The first-order valence-corrected chi connectivity index (χ1v) is 8.98. The van der Waals surface area contributed by atoms with E-state index in [9.17, 15) is 4.79 Å². The predicted molar refractivity (Wildman–Crippen MR) is 93.0 cm³/mol. The Labute approximate surface area is 141 Å². The molecule has 1 aromatic carbocycles. The first-order valence-electron chi connectivity index (χ1n) is 8.18. The van der Waals surface area contributed by atoms with E-state index in [1.807, 2.05) is 30.5 Å². The van der Waals surface area contributed by atoms with Crippen molar-refractivity contribution in [3.63, 3.8) is 0 Å². The van der Waals surface area contributed by atoms with E-state index in [1.54, 1.807) is 6.08 Å². The lowest BCUT2D eigenvalue weighted by Crippen LogP contribution is -2.36. The van der Waals surface area contributed by atoms with Gasteiger partial charge in [0.15, 0.2) is 5.78 Å². The van der Waals surface area contributed by atoms with Crippen LogP contribution in [0.25, 0.3) is 0 Å². The van der Waals surface area contributed by atoms with Gasteiger partial charge in [-0.05, 0) is 50.9 Å². The van der Waals surface area contributed by atoms with Crippen molar-refractivity contribution in [3.8, 4) is 0 Å². The number of carbonyl (C=O) groups is 1. The molecule has 0 amide bonds. The molecule has 22 heavy (non-hydrogen) atoms. The number of allylic oxidation sites excluding steroid dienone is 1. The van der Waals surface area contributed by atoms with E-state index in [0.29, 0.717) is 6.04 Å². The zero-order chi connectivity index (χ0) is 15.4. The highest BCUT2D eigenvalue weighted by molar-refractivity contribution is 9.10. The third-order valence-corrected chi connectivity index (χ3v) is 5.11. The molecule has 0 bridgehead atoms. The fourth-order valence-corrected chi connectivity index (χ4v) is 3.81. The molecular weight excluding hydrogens is 340 g/mol. The van der Waals surface area contributed by atoms with Crippen molar-refractivity contribution in [2.45, 2.75) is 31.7 Å². The molecule has 2 fully saturated rings. The zero-order valence-corrected chi connectivity index (χ0v) is 14.5. The topological polar surface area (TPSA) is 23.6 Å². The Balaban J connectivity index is 1.59. The Bertz CT molecular complexity index is 552. The van der Waals surface area contributed by atoms with Crippen LogP contribution >= 0.6 is 15.9 Å². The van der Waals surface area contributed by atoms with Crippen LogP contribution in [0.3, 0.4) is 0 Å². The van der Waals surface area contributed by atoms with Gasteiger partial charge in [0.2, 0.25) is 0 Å². The van der Waals surface area contributed by atoms with Crippen LogP contribution in [0.4, 0.5) is 0 Å². The number of benzene rings is 1. The minimum atomic E-state index is 0.0770. The van der Waals surface area contributed by atoms with Crippen LogP contribution < -0.4 is 0 Å². The molecule has 0 spiro atoms. The monoisotopic (exact) mass is 362 g/mol. The van der Waals surface area contributed by atoms with E-state index in [0.717, 1.165) is 23.1 Å². The highest BCUT2D eigenvalue weighted by Gasteiger charge is 2.25. The van der Waals surface area contributed by atoms with Crippen LogP contribution in [0, 0.1) is 0 Å². The molecule has 118 valence electrons. The van der Waals surface area contributed by atoms with Crippen LogP contribution in [0.15, 0.2) is 41.0 Å². The number of likely N-dealkylation sites (tertiary alicyclic amines) is 2. The quantitative estimate of drug-likeness (QED) is 0.589. The molecule has 0 unspecified atom stereocenters. The first kappa shape index (κ1) is 15.8. The second kappa shape index (κ2) is 7.42. The highest BCUT2D eigenvalue weighted by Crippen LogP contribution is 2.21. The molecule has 0 aliphatic carbocycles. The average Bonchev–Trinajstić information content (AvgIpc) is 3.17. The van der Waals surface area contributed by atoms with Crippen LogP contribution in [0.2, 0.25) is 0 Å². The number of carbonyl (C=O) groups excluding carboxylic acids is 1. The summed E-state index contributed by atoms with van der Waals surface area (Å²) in [6.07, 6.45) is 8.88. The van der Waals surface area contributed by atoms with Gasteiger partial charge in [-0.25, -0.2) is 0 Å². The molecule has 2 saturated heterocycles. The van der Waals surface area contributed by atoms with Crippen molar-refractivity contribution in [3.05, 3.63) is 46.6 Å². The van der Waals surface area contributed by atoms with Gasteiger partial charge in [0.1, 0.15) is 0 Å². The van der Waals surface area contributed by atoms with E-state index < -0.39 is 0 Å². The summed E-state index contributed by atoms with van der Waals surface area (Å²) in [4.78, 5) is 17.2. The third kappa shape index (κ3) is 3.99. The van der Waals surface area contributed by atoms with E-state index in [4.69, 9.17) is 0 Å². The van der Waals surface area contributed by atoms with Gasteiger partial charge in [-0.2, -0.15) is 0 Å². The molecular formula is C18H23BrN2O. The summed E-state index contributed by atoms with van der Waals surface area (Å²) in [5.41, 5.74) is 0.737. The zero-order valence-electron chi connectivity index (χ0n) is 12.9. The molecule has 0 saturated carbocycles. The third-order valence-electron chi connectivity index (χ3n) is 4.62. The molecule has 3 rings (SSSR count). The summed E-state index contributed by atoms with van der Waals surface area (Å²) in [5, 5.41) is 0. The lowest BCUT2D eigenvalue weighted by molar-refractivity contribution is 0.104. The summed E-state index contributed by atoms with van der Waals surface area (Å²) in [6, 6.07) is 8.15. The molecule has 2 heterocycles. The summed E-state index contributed by atoms with van der Waals surface area (Å²) < 4.78 is 0.944. The van der Waals surface area contributed by atoms with E-state index in [-0.39, 0.29) is 5.78 Å². The maximum absolute atomic E-state index is 12.3. The van der Waals surface area contributed by atoms with Gasteiger partial charge in [-0.3, -0.25) is 4.79 Å². The summed E-state index contributed by atoms with van der Waals surface area (Å²) in [7, 11) is 0. The molecule has 2 aliphatic rings. The molecule has 2 aliphatic heterocycles. The number of ketones is 1. The van der Waals surface area contributed by atoms with Gasteiger partial charge in [0.05, 0.1) is 0 Å². The SMILES string of the molecule is O=C(C=CN1CCC[C@H]1CN1CCCC1)c1cccc(Br)c1. The maximum Gasteiger partial charge on any atom is 0.187 e. The largest absolute Gasteiger partial charge is 0.373 e. The maximum atomic E-state index is 12.3. The van der Waals surface area contributed by atoms with Crippen molar-refractivity contribution >= 4 is 21.7 Å². The van der Waals surface area contributed by atoms with Crippen LogP contribution in [0.5, 0.6) is 0 Å². The number of nitrogens with zero attached hydrogens (tertiary/aromatic N) is 2. The van der Waals surface area contributed by atoms with Gasteiger partial charge in [-0.15, -0.1) is 0 Å². The predicted octanol–water partition coefficient (Wildman–Crippen LogP) is 3.71.